The van der Waals surface area contributed by atoms with Gasteiger partial charge in [-0.25, -0.2) is 0 Å². The Morgan fingerprint density at radius 1 is 1.26 bits per heavy atom. The van der Waals surface area contributed by atoms with Gasteiger partial charge in [0.25, 0.3) is 5.13 Å². The van der Waals surface area contributed by atoms with E-state index in [1.54, 1.807) is 12.1 Å². The molecule has 1 aromatic carbocycles. The molecule has 0 unspecified atom stereocenters. The van der Waals surface area contributed by atoms with Gasteiger partial charge in [-0.15, -0.1) is 20.4 Å². The standard InChI is InChI=1S/C11H13N5OS2/c1-16(2)7-4-5-8(9(17)6-7)12-13-10-14-15-11(18-3)19-10/h4-6,17H,1-3H3. The third kappa shape index (κ3) is 3.42. The summed E-state index contributed by atoms with van der Waals surface area (Å²) in [4.78, 5) is 1.90. The number of azo groups is 1. The van der Waals surface area contributed by atoms with Gasteiger partial charge in [-0.3, -0.25) is 0 Å². The third-order valence-electron chi connectivity index (χ3n) is 2.29. The second kappa shape index (κ2) is 5.98. The Labute approximate surface area is 119 Å². The SMILES string of the molecule is CSc1nnc(N=Nc2ccc(N(C)C)cc2O)s1. The van der Waals surface area contributed by atoms with Crippen molar-refractivity contribution in [3.8, 4) is 5.75 Å². The number of thioether (sulfide) groups is 1. The van der Waals surface area contributed by atoms with Gasteiger partial charge in [0.1, 0.15) is 11.4 Å². The summed E-state index contributed by atoms with van der Waals surface area (Å²) in [5.74, 6) is 0.0876. The molecule has 1 aromatic heterocycles. The minimum atomic E-state index is 0.0876. The molecule has 2 rings (SSSR count). The van der Waals surface area contributed by atoms with E-state index < -0.39 is 0 Å². The second-order valence-electron chi connectivity index (χ2n) is 3.82. The fourth-order valence-electron chi connectivity index (χ4n) is 1.30. The number of nitrogens with zero attached hydrogens (tertiary/aromatic N) is 5. The number of aromatic hydroxyl groups is 1. The fourth-order valence-corrected chi connectivity index (χ4v) is 2.38. The quantitative estimate of drug-likeness (QED) is 0.690. The topological polar surface area (TPSA) is 74.0 Å². The van der Waals surface area contributed by atoms with Crippen molar-refractivity contribution in [3.05, 3.63) is 18.2 Å². The molecule has 0 saturated heterocycles. The molecule has 0 saturated carbocycles. The first kappa shape index (κ1) is 13.8. The van der Waals surface area contributed by atoms with Gasteiger partial charge in [-0.1, -0.05) is 23.1 Å². The van der Waals surface area contributed by atoms with E-state index in [0.717, 1.165) is 10.0 Å². The van der Waals surface area contributed by atoms with Crippen LogP contribution in [0.1, 0.15) is 0 Å². The number of phenolic OH excluding ortho intramolecular Hbond substituents is 1. The Bertz CT molecular complexity index is 597. The zero-order valence-corrected chi connectivity index (χ0v) is 12.4. The van der Waals surface area contributed by atoms with Gasteiger partial charge in [0, 0.05) is 25.8 Å². The molecule has 0 aliphatic rings. The molecule has 6 nitrogen and oxygen atoms in total. The highest BCUT2D eigenvalue weighted by Gasteiger charge is 2.05. The molecule has 0 atom stereocenters. The number of rotatable bonds is 4. The lowest BCUT2D eigenvalue weighted by atomic mass is 10.2. The molecule has 19 heavy (non-hydrogen) atoms. The van der Waals surface area contributed by atoms with Crippen molar-refractivity contribution in [2.24, 2.45) is 10.2 Å². The van der Waals surface area contributed by atoms with E-state index in [1.165, 1.54) is 23.1 Å². The molecular formula is C11H13N5OS2. The number of anilines is 1. The molecule has 0 bridgehead atoms. The van der Waals surface area contributed by atoms with E-state index in [9.17, 15) is 5.11 Å². The minimum absolute atomic E-state index is 0.0876. The van der Waals surface area contributed by atoms with Gasteiger partial charge in [0.05, 0.1) is 0 Å². The summed E-state index contributed by atoms with van der Waals surface area (Å²) in [6, 6.07) is 5.22. The highest BCUT2D eigenvalue weighted by molar-refractivity contribution is 8.00. The van der Waals surface area contributed by atoms with E-state index in [0.29, 0.717) is 10.8 Å². The molecule has 0 aliphatic carbocycles. The maximum atomic E-state index is 9.85. The smallest absolute Gasteiger partial charge is 0.252 e. The van der Waals surface area contributed by atoms with E-state index in [1.807, 2.05) is 31.3 Å². The van der Waals surface area contributed by atoms with E-state index in [2.05, 4.69) is 20.4 Å². The largest absolute Gasteiger partial charge is 0.506 e. The average Bonchev–Trinajstić information content (AvgIpc) is 2.85. The normalized spacial score (nSPS) is 11.1. The van der Waals surface area contributed by atoms with E-state index in [4.69, 9.17) is 0 Å². The summed E-state index contributed by atoms with van der Waals surface area (Å²) < 4.78 is 0.834. The van der Waals surface area contributed by atoms with Crippen LogP contribution in [0.15, 0.2) is 32.8 Å². The lowest BCUT2D eigenvalue weighted by molar-refractivity contribution is 0.476. The van der Waals surface area contributed by atoms with Crippen LogP contribution in [0.2, 0.25) is 0 Å². The van der Waals surface area contributed by atoms with Gasteiger partial charge in [0.2, 0.25) is 0 Å². The van der Waals surface area contributed by atoms with Gasteiger partial charge in [-0.2, -0.15) is 0 Å². The third-order valence-corrected chi connectivity index (χ3v) is 4.07. The number of hydrogen-bond acceptors (Lipinski definition) is 8. The van der Waals surface area contributed by atoms with Gasteiger partial charge in [0.15, 0.2) is 4.34 Å². The maximum Gasteiger partial charge on any atom is 0.252 e. The van der Waals surface area contributed by atoms with Crippen molar-refractivity contribution >= 4 is 39.6 Å². The molecule has 8 heteroatoms. The monoisotopic (exact) mass is 295 g/mol. The van der Waals surface area contributed by atoms with E-state index >= 15 is 0 Å². The Morgan fingerprint density at radius 2 is 2.05 bits per heavy atom. The van der Waals surface area contributed by atoms with Crippen molar-refractivity contribution in [1.29, 1.82) is 0 Å². The first-order valence-corrected chi connectivity index (χ1v) is 7.44. The zero-order valence-electron chi connectivity index (χ0n) is 10.7. The van der Waals surface area contributed by atoms with Crippen LogP contribution >= 0.6 is 23.1 Å². The van der Waals surface area contributed by atoms with Crippen LogP contribution in [0, 0.1) is 0 Å². The second-order valence-corrected chi connectivity index (χ2v) is 5.83. The molecule has 0 radical (unpaired) electrons. The highest BCUT2D eigenvalue weighted by atomic mass is 32.2. The predicted molar refractivity (Wildman–Crippen MR) is 78.3 cm³/mol. The zero-order chi connectivity index (χ0) is 13.8. The first-order valence-electron chi connectivity index (χ1n) is 5.39. The summed E-state index contributed by atoms with van der Waals surface area (Å²) in [7, 11) is 3.81. The van der Waals surface area contributed by atoms with Crippen LogP contribution < -0.4 is 4.90 Å². The van der Waals surface area contributed by atoms with Gasteiger partial charge in [-0.05, 0) is 18.4 Å². The predicted octanol–water partition coefficient (Wildman–Crippen LogP) is 3.45. The van der Waals surface area contributed by atoms with Crippen LogP contribution in [-0.4, -0.2) is 35.7 Å². The van der Waals surface area contributed by atoms with Crippen LogP contribution in [0.5, 0.6) is 5.75 Å². The van der Waals surface area contributed by atoms with Gasteiger partial charge >= 0.3 is 0 Å². The summed E-state index contributed by atoms with van der Waals surface area (Å²) >= 11 is 2.86. The Balaban J connectivity index is 2.18. The summed E-state index contributed by atoms with van der Waals surface area (Å²) in [5.41, 5.74) is 1.31. The summed E-state index contributed by atoms with van der Waals surface area (Å²) in [6.07, 6.45) is 1.92. The number of aromatic nitrogens is 2. The maximum absolute atomic E-state index is 9.85. The lowest BCUT2D eigenvalue weighted by Gasteiger charge is -2.12. The molecule has 0 amide bonds. The fraction of sp³-hybridized carbons (Fsp3) is 0.273. The summed E-state index contributed by atoms with van der Waals surface area (Å²) in [6.45, 7) is 0. The molecular weight excluding hydrogens is 282 g/mol. The number of phenols is 1. The molecule has 2 aromatic rings. The molecule has 100 valence electrons. The van der Waals surface area contributed by atoms with Crippen LogP contribution in [0.3, 0.4) is 0 Å². The van der Waals surface area contributed by atoms with Crippen LogP contribution in [0.25, 0.3) is 0 Å². The number of hydrogen-bond donors (Lipinski definition) is 1. The summed E-state index contributed by atoms with van der Waals surface area (Å²) in [5, 5.41) is 26.1. The molecule has 1 N–H and O–H groups in total. The van der Waals surface area contributed by atoms with E-state index in [-0.39, 0.29) is 5.75 Å². The Morgan fingerprint density at radius 3 is 2.63 bits per heavy atom. The van der Waals surface area contributed by atoms with Crippen molar-refractivity contribution in [2.45, 2.75) is 4.34 Å². The minimum Gasteiger partial charge on any atom is -0.506 e. The van der Waals surface area contributed by atoms with Crippen LogP contribution in [-0.2, 0) is 0 Å². The molecule has 0 aliphatic heterocycles. The highest BCUT2D eigenvalue weighted by Crippen LogP contribution is 2.32. The first-order chi connectivity index (χ1) is 9.10. The molecule has 1 heterocycles. The average molecular weight is 295 g/mol. The van der Waals surface area contributed by atoms with Crippen molar-refractivity contribution in [1.82, 2.24) is 10.2 Å². The lowest BCUT2D eigenvalue weighted by Crippen LogP contribution is -2.07. The molecule has 0 fully saturated rings. The van der Waals surface area contributed by atoms with Crippen molar-refractivity contribution < 1.29 is 5.11 Å². The Hall–Kier alpha value is -1.67. The van der Waals surface area contributed by atoms with Crippen molar-refractivity contribution in [2.75, 3.05) is 25.3 Å². The molecule has 0 spiro atoms. The Kier molecular flexibility index (Phi) is 4.33. The van der Waals surface area contributed by atoms with Crippen molar-refractivity contribution in [3.63, 3.8) is 0 Å². The van der Waals surface area contributed by atoms with Crippen LogP contribution in [0.4, 0.5) is 16.5 Å². The number of benzene rings is 1. The van der Waals surface area contributed by atoms with Gasteiger partial charge < -0.3 is 10.0 Å².